The van der Waals surface area contributed by atoms with Crippen LogP contribution in [0.5, 0.6) is 0 Å². The molecule has 0 bridgehead atoms. The van der Waals surface area contributed by atoms with E-state index >= 15 is 0 Å². The van der Waals surface area contributed by atoms with E-state index in [0.717, 1.165) is 22.3 Å². The molecule has 4 aromatic carbocycles. The molecule has 0 aliphatic carbocycles. The van der Waals surface area contributed by atoms with E-state index in [-0.39, 0.29) is 17.5 Å². The zero-order chi connectivity index (χ0) is 29.6. The maximum atomic E-state index is 12.1. The molecule has 0 fully saturated rings. The molecule has 0 saturated heterocycles. The number of benzene rings is 4. The van der Waals surface area contributed by atoms with Crippen LogP contribution in [0.2, 0.25) is 0 Å². The molecule has 2 amide bonds. The van der Waals surface area contributed by atoms with Crippen molar-refractivity contribution in [3.63, 3.8) is 0 Å². The van der Waals surface area contributed by atoms with Gasteiger partial charge in [-0.2, -0.15) is 9.98 Å². The molecule has 0 saturated carbocycles. The minimum absolute atomic E-state index is 0. The highest BCUT2D eigenvalue weighted by atomic mass is 16.6. The topological polar surface area (TPSA) is 136 Å². The zero-order valence-electron chi connectivity index (χ0n) is 22.4. The van der Waals surface area contributed by atoms with Gasteiger partial charge in [-0.15, -0.1) is 0 Å². The summed E-state index contributed by atoms with van der Waals surface area (Å²) in [5.74, 6) is 0. The number of hydrogen-bond acceptors (Lipinski definition) is 8. The smallest absolute Gasteiger partial charge is 0.411 e. The van der Waals surface area contributed by atoms with Crippen LogP contribution in [-0.2, 0) is 31.9 Å². The first-order valence-electron chi connectivity index (χ1n) is 12.9. The quantitative estimate of drug-likeness (QED) is 0.110. The molecule has 10 nitrogen and oxygen atoms in total. The van der Waals surface area contributed by atoms with Crippen LogP contribution in [0.3, 0.4) is 0 Å². The molecule has 0 unspecified atom stereocenters. The third-order valence-electron chi connectivity index (χ3n) is 5.99. The third-order valence-corrected chi connectivity index (χ3v) is 5.99. The average molecular weight is 569 g/mol. The van der Waals surface area contributed by atoms with Crippen LogP contribution in [0, 0.1) is 0 Å². The Hall–Kier alpha value is -5.82. The summed E-state index contributed by atoms with van der Waals surface area (Å²) < 4.78 is 10.2. The van der Waals surface area contributed by atoms with Crippen LogP contribution in [0.1, 0.15) is 26.5 Å². The van der Waals surface area contributed by atoms with Gasteiger partial charge < -0.3 is 9.47 Å². The van der Waals surface area contributed by atoms with Crippen molar-refractivity contribution < 1.29 is 32.9 Å². The maximum Gasteiger partial charge on any atom is 0.411 e. The fourth-order valence-corrected chi connectivity index (χ4v) is 3.94. The monoisotopic (exact) mass is 568 g/mol. The summed E-state index contributed by atoms with van der Waals surface area (Å²) in [6.07, 6.45) is 3.04. The van der Waals surface area contributed by atoms with Crippen molar-refractivity contribution in [1.82, 2.24) is 0 Å². The molecule has 0 radical (unpaired) electrons. The average Bonchev–Trinajstić information content (AvgIpc) is 3.00. The van der Waals surface area contributed by atoms with Crippen LogP contribution in [0.4, 0.5) is 32.3 Å². The molecule has 0 aliphatic heterocycles. The lowest BCUT2D eigenvalue weighted by atomic mass is 10.0. The van der Waals surface area contributed by atoms with Gasteiger partial charge in [-0.3, -0.25) is 10.6 Å². The number of carbonyl (C=O) groups is 2. The first kappa shape index (κ1) is 29.2. The standard InChI is InChI=1S/C32H26N4O6.3H2/c37-21-33-27-9-1-23(2-10-27)19-25-5-13-29(14-6-25)35-31(39)41-17-18-42-32(40)36-30-15-7-26(8-16-30)20-24-3-11-28(12-4-24)34-22-38;;;/h1-16H,17-20H2,(H,35,39)(H,36,40);3*1H. The summed E-state index contributed by atoms with van der Waals surface area (Å²) in [4.78, 5) is 51.9. The molecule has 0 aliphatic rings. The molecule has 0 atom stereocenters. The number of isocyanates is 2. The zero-order valence-corrected chi connectivity index (χ0v) is 22.4. The van der Waals surface area contributed by atoms with Gasteiger partial charge in [0.2, 0.25) is 12.2 Å². The number of anilines is 2. The second-order valence-corrected chi connectivity index (χ2v) is 9.01. The number of nitrogens with one attached hydrogen (secondary N) is 2. The molecule has 42 heavy (non-hydrogen) atoms. The molecular formula is C32H32N4O6. The summed E-state index contributed by atoms with van der Waals surface area (Å²) in [6.45, 7) is -0.227. The number of hydrogen-bond donors (Lipinski definition) is 2. The number of ether oxygens (including phenoxy) is 2. The highest BCUT2D eigenvalue weighted by Crippen LogP contribution is 2.18. The van der Waals surface area contributed by atoms with Crippen LogP contribution >= 0.6 is 0 Å². The molecule has 4 aromatic rings. The predicted molar refractivity (Wildman–Crippen MR) is 163 cm³/mol. The number of carbonyl (C=O) groups excluding carboxylic acids is 4. The van der Waals surface area contributed by atoms with Crippen molar-refractivity contribution in [2.75, 3.05) is 23.8 Å². The van der Waals surface area contributed by atoms with E-state index in [0.29, 0.717) is 35.6 Å². The van der Waals surface area contributed by atoms with Gasteiger partial charge in [-0.25, -0.2) is 19.2 Å². The third kappa shape index (κ3) is 9.43. The summed E-state index contributed by atoms with van der Waals surface area (Å²) in [5.41, 5.74) is 6.38. The Morgan fingerprint density at radius 2 is 0.857 bits per heavy atom. The van der Waals surface area contributed by atoms with Crippen molar-refractivity contribution in [3.05, 3.63) is 119 Å². The van der Waals surface area contributed by atoms with Gasteiger partial charge in [0.15, 0.2) is 0 Å². The summed E-state index contributed by atoms with van der Waals surface area (Å²) in [5, 5.41) is 5.25. The van der Waals surface area contributed by atoms with Crippen molar-refractivity contribution in [1.29, 1.82) is 0 Å². The number of aliphatic imine (C=N–C) groups is 2. The number of nitrogens with zero attached hydrogens (tertiary/aromatic N) is 2. The van der Waals surface area contributed by atoms with E-state index in [4.69, 9.17) is 9.47 Å². The molecule has 4 rings (SSSR count). The fraction of sp³-hybridized carbons (Fsp3) is 0.125. The normalized spacial score (nSPS) is 10.0. The summed E-state index contributed by atoms with van der Waals surface area (Å²) in [6, 6.07) is 29.1. The van der Waals surface area contributed by atoms with Crippen LogP contribution in [0.25, 0.3) is 0 Å². The second kappa shape index (κ2) is 15.1. The van der Waals surface area contributed by atoms with Crippen LogP contribution in [-0.4, -0.2) is 37.6 Å². The Morgan fingerprint density at radius 1 is 0.548 bits per heavy atom. The molecule has 10 heteroatoms. The van der Waals surface area contributed by atoms with Crippen molar-refractivity contribution in [2.45, 2.75) is 12.8 Å². The lowest BCUT2D eigenvalue weighted by Gasteiger charge is -2.10. The molecule has 0 spiro atoms. The molecule has 0 heterocycles. The van der Waals surface area contributed by atoms with E-state index in [1.165, 1.54) is 12.2 Å². The van der Waals surface area contributed by atoms with Crippen molar-refractivity contribution >= 4 is 47.1 Å². The van der Waals surface area contributed by atoms with E-state index in [2.05, 4.69) is 20.6 Å². The summed E-state index contributed by atoms with van der Waals surface area (Å²) >= 11 is 0. The minimum atomic E-state index is -0.667. The molecule has 0 aromatic heterocycles. The Labute approximate surface area is 246 Å². The van der Waals surface area contributed by atoms with Gasteiger partial charge in [0.25, 0.3) is 0 Å². The van der Waals surface area contributed by atoms with Crippen LogP contribution in [0.15, 0.2) is 107 Å². The fourth-order valence-electron chi connectivity index (χ4n) is 3.94. The molecule has 2 N–H and O–H groups in total. The first-order chi connectivity index (χ1) is 20.5. The van der Waals surface area contributed by atoms with Gasteiger partial charge in [0, 0.05) is 15.7 Å². The maximum absolute atomic E-state index is 12.1. The van der Waals surface area contributed by atoms with Gasteiger partial charge in [0.05, 0.1) is 11.4 Å². The Balaban J connectivity index is 0.00000337. The van der Waals surface area contributed by atoms with E-state index in [1.807, 2.05) is 48.5 Å². The van der Waals surface area contributed by atoms with Gasteiger partial charge in [-0.1, -0.05) is 48.5 Å². The lowest BCUT2D eigenvalue weighted by molar-refractivity contribution is 0.110. The Morgan fingerprint density at radius 3 is 1.17 bits per heavy atom. The second-order valence-electron chi connectivity index (χ2n) is 9.01. The largest absolute Gasteiger partial charge is 0.446 e. The predicted octanol–water partition coefficient (Wildman–Crippen LogP) is 7.34. The molecular weight excluding hydrogens is 536 g/mol. The van der Waals surface area contributed by atoms with E-state index < -0.39 is 12.2 Å². The number of amides is 2. The summed E-state index contributed by atoms with van der Waals surface area (Å²) in [7, 11) is 0. The SMILES string of the molecule is O=C=Nc1ccc(Cc2ccc(NC(=O)OCCOC(=O)Nc3ccc(Cc4ccc(N=C=O)cc4)cc3)cc2)cc1.[HH].[HH].[HH]. The van der Waals surface area contributed by atoms with Gasteiger partial charge in [0.1, 0.15) is 13.2 Å². The first-order valence-corrected chi connectivity index (χ1v) is 12.9. The Kier molecular flexibility index (Phi) is 10.5. The van der Waals surface area contributed by atoms with Gasteiger partial charge >= 0.3 is 12.2 Å². The van der Waals surface area contributed by atoms with Crippen molar-refractivity contribution in [2.24, 2.45) is 9.98 Å². The van der Waals surface area contributed by atoms with Crippen molar-refractivity contribution in [3.8, 4) is 0 Å². The Bertz CT molecular complexity index is 1480. The highest BCUT2D eigenvalue weighted by molar-refractivity contribution is 5.85. The lowest BCUT2D eigenvalue weighted by Crippen LogP contribution is -2.20. The van der Waals surface area contributed by atoms with Gasteiger partial charge in [-0.05, 0) is 83.6 Å². The number of rotatable bonds is 11. The van der Waals surface area contributed by atoms with E-state index in [9.17, 15) is 19.2 Å². The highest BCUT2D eigenvalue weighted by Gasteiger charge is 2.07. The molecule has 216 valence electrons. The van der Waals surface area contributed by atoms with Crippen LogP contribution < -0.4 is 10.6 Å². The minimum Gasteiger partial charge on any atom is -0.446 e. The van der Waals surface area contributed by atoms with E-state index in [1.54, 1.807) is 48.5 Å².